The van der Waals surface area contributed by atoms with Crippen LogP contribution in [0.4, 0.5) is 0 Å². The van der Waals surface area contributed by atoms with Gasteiger partial charge in [0.05, 0.1) is 24.9 Å². The SMILES string of the molecule is CCCOC(=O)C(C)n1cnc2sc(C(=O)OCC(C)C)c(C)c2c1=O. The molecule has 0 aliphatic heterocycles. The topological polar surface area (TPSA) is 87.5 Å². The van der Waals surface area contributed by atoms with E-state index >= 15 is 0 Å². The van der Waals surface area contributed by atoms with Gasteiger partial charge in [0.2, 0.25) is 0 Å². The van der Waals surface area contributed by atoms with Gasteiger partial charge in [-0.2, -0.15) is 0 Å². The minimum Gasteiger partial charge on any atom is -0.464 e. The van der Waals surface area contributed by atoms with Gasteiger partial charge < -0.3 is 9.47 Å². The quantitative estimate of drug-likeness (QED) is 0.686. The van der Waals surface area contributed by atoms with Crippen LogP contribution in [0, 0.1) is 12.8 Å². The number of ether oxygens (including phenoxy) is 2. The van der Waals surface area contributed by atoms with Crippen LogP contribution in [0.2, 0.25) is 0 Å². The summed E-state index contributed by atoms with van der Waals surface area (Å²) in [6.07, 6.45) is 2.03. The van der Waals surface area contributed by atoms with Crippen molar-refractivity contribution in [1.29, 1.82) is 0 Å². The summed E-state index contributed by atoms with van der Waals surface area (Å²) in [4.78, 5) is 42.2. The van der Waals surface area contributed by atoms with Crippen molar-refractivity contribution in [3.8, 4) is 0 Å². The zero-order valence-corrected chi connectivity index (χ0v) is 16.5. The van der Waals surface area contributed by atoms with E-state index in [1.54, 1.807) is 13.8 Å². The van der Waals surface area contributed by atoms with Crippen LogP contribution in [0.3, 0.4) is 0 Å². The number of nitrogens with zero attached hydrogens (tertiary/aromatic N) is 2. The normalized spacial score (nSPS) is 12.4. The first-order valence-corrected chi connectivity index (χ1v) is 9.43. The maximum absolute atomic E-state index is 12.8. The van der Waals surface area contributed by atoms with E-state index in [0.29, 0.717) is 40.3 Å². The van der Waals surface area contributed by atoms with Crippen LogP contribution in [0.25, 0.3) is 10.2 Å². The lowest BCUT2D eigenvalue weighted by Crippen LogP contribution is -2.29. The number of esters is 2. The Kier molecular flexibility index (Phi) is 6.52. The first kappa shape index (κ1) is 20.1. The maximum Gasteiger partial charge on any atom is 0.348 e. The van der Waals surface area contributed by atoms with Gasteiger partial charge >= 0.3 is 11.9 Å². The lowest BCUT2D eigenvalue weighted by atomic mass is 10.2. The van der Waals surface area contributed by atoms with Gasteiger partial charge in [0.15, 0.2) is 0 Å². The smallest absolute Gasteiger partial charge is 0.348 e. The highest BCUT2D eigenvalue weighted by atomic mass is 32.1. The number of fused-ring (bicyclic) bond motifs is 1. The molecule has 0 spiro atoms. The molecule has 8 heteroatoms. The van der Waals surface area contributed by atoms with Crippen molar-refractivity contribution >= 4 is 33.5 Å². The highest BCUT2D eigenvalue weighted by molar-refractivity contribution is 7.20. The summed E-state index contributed by atoms with van der Waals surface area (Å²) in [5.41, 5.74) is 0.160. The fourth-order valence-corrected chi connectivity index (χ4v) is 3.39. The highest BCUT2D eigenvalue weighted by Crippen LogP contribution is 2.28. The predicted molar refractivity (Wildman–Crippen MR) is 99.7 cm³/mol. The van der Waals surface area contributed by atoms with Crippen LogP contribution in [0.5, 0.6) is 0 Å². The van der Waals surface area contributed by atoms with E-state index in [1.807, 2.05) is 20.8 Å². The number of hydrogen-bond acceptors (Lipinski definition) is 7. The molecule has 0 saturated carbocycles. The molecule has 1 atom stereocenters. The van der Waals surface area contributed by atoms with Crippen molar-refractivity contribution in [3.05, 3.63) is 27.1 Å². The Labute approximate surface area is 155 Å². The van der Waals surface area contributed by atoms with E-state index in [-0.39, 0.29) is 11.5 Å². The van der Waals surface area contributed by atoms with Crippen LogP contribution in [-0.2, 0) is 14.3 Å². The second-order valence-electron chi connectivity index (χ2n) is 6.53. The number of rotatable bonds is 7. The van der Waals surface area contributed by atoms with E-state index < -0.39 is 18.0 Å². The summed E-state index contributed by atoms with van der Waals surface area (Å²) in [6, 6.07) is -0.790. The molecule has 2 rings (SSSR count). The Morgan fingerprint density at radius 1 is 1.27 bits per heavy atom. The molecule has 0 radical (unpaired) electrons. The van der Waals surface area contributed by atoms with Crippen LogP contribution < -0.4 is 5.56 Å². The molecule has 0 amide bonds. The second kappa shape index (κ2) is 8.44. The Morgan fingerprint density at radius 3 is 2.58 bits per heavy atom. The predicted octanol–water partition coefficient (Wildman–Crippen LogP) is 3.09. The van der Waals surface area contributed by atoms with Crippen molar-refractivity contribution < 1.29 is 19.1 Å². The van der Waals surface area contributed by atoms with E-state index in [2.05, 4.69) is 4.98 Å². The van der Waals surface area contributed by atoms with Gasteiger partial charge in [-0.05, 0) is 31.7 Å². The minimum atomic E-state index is -0.790. The Bertz CT molecular complexity index is 868. The molecule has 0 aromatic carbocycles. The van der Waals surface area contributed by atoms with E-state index in [4.69, 9.17) is 9.47 Å². The largest absolute Gasteiger partial charge is 0.464 e. The zero-order chi connectivity index (χ0) is 19.4. The molecule has 0 aliphatic carbocycles. The Balaban J connectivity index is 2.39. The summed E-state index contributed by atoms with van der Waals surface area (Å²) in [5, 5.41) is 0.337. The van der Waals surface area contributed by atoms with Gasteiger partial charge in [-0.25, -0.2) is 14.6 Å². The first-order valence-electron chi connectivity index (χ1n) is 8.61. The molecule has 2 aromatic heterocycles. The fourth-order valence-electron chi connectivity index (χ4n) is 2.35. The molecule has 0 aliphatic rings. The summed E-state index contributed by atoms with van der Waals surface area (Å²) >= 11 is 1.13. The molecule has 7 nitrogen and oxygen atoms in total. The van der Waals surface area contributed by atoms with Crippen molar-refractivity contribution in [2.45, 2.75) is 47.1 Å². The number of hydrogen-bond donors (Lipinski definition) is 0. The lowest BCUT2D eigenvalue weighted by Gasteiger charge is -2.13. The number of carbonyl (C=O) groups excluding carboxylic acids is 2. The van der Waals surface area contributed by atoms with E-state index in [1.165, 1.54) is 10.9 Å². The van der Waals surface area contributed by atoms with Crippen molar-refractivity contribution in [3.63, 3.8) is 0 Å². The third-order valence-corrected chi connectivity index (χ3v) is 5.00. The molecule has 0 N–H and O–H groups in total. The van der Waals surface area contributed by atoms with Gasteiger partial charge in [-0.3, -0.25) is 9.36 Å². The maximum atomic E-state index is 12.8. The first-order chi connectivity index (χ1) is 12.3. The fraction of sp³-hybridized carbons (Fsp3) is 0.556. The summed E-state index contributed by atoms with van der Waals surface area (Å²) in [7, 11) is 0. The Hall–Kier alpha value is -2.22. The number of aryl methyl sites for hydroxylation is 1. The molecule has 2 aromatic rings. The zero-order valence-electron chi connectivity index (χ0n) is 15.7. The molecule has 1 unspecified atom stereocenters. The van der Waals surface area contributed by atoms with Crippen LogP contribution >= 0.6 is 11.3 Å². The monoisotopic (exact) mass is 380 g/mol. The average Bonchev–Trinajstić information content (AvgIpc) is 2.94. The minimum absolute atomic E-state index is 0.221. The van der Waals surface area contributed by atoms with Gasteiger partial charge in [0.25, 0.3) is 5.56 Å². The van der Waals surface area contributed by atoms with Crippen LogP contribution in [-0.4, -0.2) is 34.7 Å². The van der Waals surface area contributed by atoms with Gasteiger partial charge in [-0.1, -0.05) is 20.8 Å². The molecule has 26 heavy (non-hydrogen) atoms. The van der Waals surface area contributed by atoms with Gasteiger partial charge in [0.1, 0.15) is 15.7 Å². The van der Waals surface area contributed by atoms with Gasteiger partial charge in [-0.15, -0.1) is 11.3 Å². The average molecular weight is 380 g/mol. The summed E-state index contributed by atoms with van der Waals surface area (Å²) in [5.74, 6) is -0.723. The standard InChI is InChI=1S/C18H24N2O5S/c1-6-7-24-17(22)12(5)20-9-19-15-13(16(20)21)11(4)14(26-15)18(23)25-8-10(2)3/h9-10,12H,6-8H2,1-5H3. The summed E-state index contributed by atoms with van der Waals surface area (Å²) in [6.45, 7) is 9.69. The number of thiophene rings is 1. The molecular weight excluding hydrogens is 356 g/mol. The number of aromatic nitrogens is 2. The molecular formula is C18H24N2O5S. The van der Waals surface area contributed by atoms with Crippen molar-refractivity contribution in [2.24, 2.45) is 5.92 Å². The third kappa shape index (κ3) is 4.12. The highest BCUT2D eigenvalue weighted by Gasteiger charge is 2.24. The molecule has 0 fully saturated rings. The second-order valence-corrected chi connectivity index (χ2v) is 7.53. The summed E-state index contributed by atoms with van der Waals surface area (Å²) < 4.78 is 11.6. The molecule has 2 heterocycles. The molecule has 0 bridgehead atoms. The van der Waals surface area contributed by atoms with E-state index in [0.717, 1.165) is 11.3 Å². The molecule has 142 valence electrons. The van der Waals surface area contributed by atoms with Crippen LogP contribution in [0.15, 0.2) is 11.1 Å². The van der Waals surface area contributed by atoms with Crippen molar-refractivity contribution in [1.82, 2.24) is 9.55 Å². The van der Waals surface area contributed by atoms with E-state index in [9.17, 15) is 14.4 Å². The van der Waals surface area contributed by atoms with Crippen molar-refractivity contribution in [2.75, 3.05) is 13.2 Å². The molecule has 0 saturated heterocycles. The third-order valence-electron chi connectivity index (χ3n) is 3.82. The number of carbonyl (C=O) groups is 2. The Morgan fingerprint density at radius 2 is 1.96 bits per heavy atom. The van der Waals surface area contributed by atoms with Gasteiger partial charge in [0, 0.05) is 0 Å². The lowest BCUT2D eigenvalue weighted by molar-refractivity contribution is -0.147. The van der Waals surface area contributed by atoms with Crippen LogP contribution in [0.1, 0.15) is 55.4 Å².